The van der Waals surface area contributed by atoms with E-state index in [1.165, 1.54) is 10.9 Å². The van der Waals surface area contributed by atoms with E-state index < -0.39 is 6.10 Å². The Morgan fingerprint density at radius 2 is 2.13 bits per heavy atom. The largest absolute Gasteiger partial charge is 0.387 e. The second kappa shape index (κ2) is 4.10. The molecule has 1 aromatic carbocycles. The molecule has 1 atom stereocenters. The Morgan fingerprint density at radius 1 is 1.40 bits per heavy atom. The Morgan fingerprint density at radius 3 is 2.73 bits per heavy atom. The summed E-state index contributed by atoms with van der Waals surface area (Å²) in [4.78, 5) is 11.1. The predicted octanol–water partition coefficient (Wildman–Crippen LogP) is 0.305. The third-order valence-electron chi connectivity index (χ3n) is 2.17. The fraction of sp³-hybridized carbons (Fsp3) is 0.200. The van der Waals surface area contributed by atoms with Gasteiger partial charge in [-0.15, -0.1) is 0 Å². The fourth-order valence-electron chi connectivity index (χ4n) is 1.37. The minimum Gasteiger partial charge on any atom is -0.387 e. The lowest BCUT2D eigenvalue weighted by Crippen LogP contribution is -2.20. The number of H-pyrrole nitrogens is 1. The zero-order valence-electron chi connectivity index (χ0n) is 8.00. The summed E-state index contributed by atoms with van der Waals surface area (Å²) in [6, 6.07) is 9.19. The van der Waals surface area contributed by atoms with Crippen LogP contribution in [-0.2, 0) is 6.54 Å². The first-order valence-corrected chi connectivity index (χ1v) is 4.60. The van der Waals surface area contributed by atoms with E-state index in [1.807, 2.05) is 30.3 Å². The van der Waals surface area contributed by atoms with Gasteiger partial charge in [-0.2, -0.15) is 5.10 Å². The Balaban J connectivity index is 2.14. The molecule has 1 heterocycles. The van der Waals surface area contributed by atoms with Crippen LogP contribution in [0.3, 0.4) is 0 Å². The number of nitrogens with one attached hydrogen (secondary N) is 1. The quantitative estimate of drug-likeness (QED) is 0.757. The van der Waals surface area contributed by atoms with E-state index in [9.17, 15) is 9.90 Å². The maximum absolute atomic E-state index is 11.1. The average Bonchev–Trinajstić information content (AvgIpc) is 2.66. The molecule has 0 spiro atoms. The number of rotatable bonds is 3. The molecule has 78 valence electrons. The minimum atomic E-state index is -0.693. The zero-order valence-corrected chi connectivity index (χ0v) is 8.00. The molecule has 0 saturated heterocycles. The molecule has 0 aliphatic heterocycles. The van der Waals surface area contributed by atoms with Crippen molar-refractivity contribution in [1.82, 2.24) is 14.8 Å². The highest BCUT2D eigenvalue weighted by molar-refractivity contribution is 5.17. The van der Waals surface area contributed by atoms with Crippen LogP contribution in [0.2, 0.25) is 0 Å². The van der Waals surface area contributed by atoms with E-state index in [-0.39, 0.29) is 12.2 Å². The normalized spacial score (nSPS) is 12.6. The van der Waals surface area contributed by atoms with Crippen molar-refractivity contribution in [2.24, 2.45) is 0 Å². The summed E-state index contributed by atoms with van der Waals surface area (Å²) in [5.74, 6) is 0. The molecule has 0 aliphatic rings. The lowest BCUT2D eigenvalue weighted by atomic mass is 10.1. The lowest BCUT2D eigenvalue weighted by molar-refractivity contribution is 0.155. The highest BCUT2D eigenvalue weighted by atomic mass is 16.3. The van der Waals surface area contributed by atoms with Gasteiger partial charge in [0.15, 0.2) is 0 Å². The molecule has 0 saturated carbocycles. The smallest absolute Gasteiger partial charge is 0.343 e. The summed E-state index contributed by atoms with van der Waals surface area (Å²) >= 11 is 0. The van der Waals surface area contributed by atoms with E-state index in [0.717, 1.165) is 5.56 Å². The van der Waals surface area contributed by atoms with Crippen LogP contribution in [0.15, 0.2) is 41.5 Å². The molecule has 1 aromatic heterocycles. The molecule has 2 N–H and O–H groups in total. The highest BCUT2D eigenvalue weighted by Crippen LogP contribution is 2.12. The van der Waals surface area contributed by atoms with Gasteiger partial charge in [0.05, 0.1) is 12.6 Å². The Kier molecular flexibility index (Phi) is 2.64. The number of hydrogen-bond acceptors (Lipinski definition) is 3. The van der Waals surface area contributed by atoms with Gasteiger partial charge in [0, 0.05) is 0 Å². The van der Waals surface area contributed by atoms with Crippen molar-refractivity contribution in [3.05, 3.63) is 52.7 Å². The average molecular weight is 205 g/mol. The van der Waals surface area contributed by atoms with Gasteiger partial charge < -0.3 is 5.11 Å². The van der Waals surface area contributed by atoms with Gasteiger partial charge >= 0.3 is 5.69 Å². The van der Waals surface area contributed by atoms with Crippen molar-refractivity contribution in [2.75, 3.05) is 0 Å². The van der Waals surface area contributed by atoms with Crippen molar-refractivity contribution >= 4 is 0 Å². The Hall–Kier alpha value is -1.88. The Bertz CT molecular complexity index is 475. The van der Waals surface area contributed by atoms with Gasteiger partial charge in [0.1, 0.15) is 6.33 Å². The molecular formula is C10H11N3O2. The maximum Gasteiger partial charge on any atom is 0.343 e. The van der Waals surface area contributed by atoms with E-state index >= 15 is 0 Å². The van der Waals surface area contributed by atoms with E-state index in [2.05, 4.69) is 10.2 Å². The molecule has 0 radical (unpaired) electrons. The van der Waals surface area contributed by atoms with Gasteiger partial charge in [0.2, 0.25) is 0 Å². The standard InChI is InChI=1S/C10H11N3O2/c14-9(8-4-2-1-3-5-8)6-13-7-11-12-10(13)15/h1-5,7,9,14H,6H2,(H,12,15). The van der Waals surface area contributed by atoms with E-state index in [0.29, 0.717) is 0 Å². The van der Waals surface area contributed by atoms with Crippen molar-refractivity contribution in [1.29, 1.82) is 0 Å². The lowest BCUT2D eigenvalue weighted by Gasteiger charge is -2.09. The summed E-state index contributed by atoms with van der Waals surface area (Å²) in [6.07, 6.45) is 0.676. The highest BCUT2D eigenvalue weighted by Gasteiger charge is 2.08. The van der Waals surface area contributed by atoms with Crippen molar-refractivity contribution < 1.29 is 5.11 Å². The van der Waals surface area contributed by atoms with Gasteiger partial charge in [-0.25, -0.2) is 9.89 Å². The van der Waals surface area contributed by atoms with Crippen LogP contribution < -0.4 is 5.69 Å². The molecule has 2 rings (SSSR count). The van der Waals surface area contributed by atoms with Gasteiger partial charge in [-0.3, -0.25) is 4.57 Å². The first kappa shape index (κ1) is 9.67. The number of aromatic amines is 1. The molecule has 5 nitrogen and oxygen atoms in total. The summed E-state index contributed by atoms with van der Waals surface area (Å²) in [7, 11) is 0. The first-order valence-electron chi connectivity index (χ1n) is 4.60. The summed E-state index contributed by atoms with van der Waals surface area (Å²) in [5.41, 5.74) is 0.468. The van der Waals surface area contributed by atoms with Crippen molar-refractivity contribution in [3.8, 4) is 0 Å². The SMILES string of the molecule is O=c1[nH]ncn1CC(O)c1ccccc1. The number of hydrogen-bond donors (Lipinski definition) is 2. The number of aliphatic hydroxyl groups excluding tert-OH is 1. The fourth-order valence-corrected chi connectivity index (χ4v) is 1.37. The van der Waals surface area contributed by atoms with Crippen LogP contribution in [0.25, 0.3) is 0 Å². The molecule has 0 amide bonds. The third kappa shape index (κ3) is 2.13. The molecular weight excluding hydrogens is 194 g/mol. The maximum atomic E-state index is 11.1. The predicted molar refractivity (Wildman–Crippen MR) is 54.2 cm³/mol. The zero-order chi connectivity index (χ0) is 10.7. The monoisotopic (exact) mass is 205 g/mol. The molecule has 15 heavy (non-hydrogen) atoms. The second-order valence-corrected chi connectivity index (χ2v) is 3.24. The number of benzene rings is 1. The molecule has 2 aromatic rings. The number of aliphatic hydroxyl groups is 1. The topological polar surface area (TPSA) is 70.9 Å². The number of aromatic nitrogens is 3. The Labute approximate surface area is 86.0 Å². The van der Waals surface area contributed by atoms with E-state index in [1.54, 1.807) is 0 Å². The first-order chi connectivity index (χ1) is 7.27. The minimum absolute atomic E-state index is 0.208. The summed E-state index contributed by atoms with van der Waals surface area (Å²) in [5, 5.41) is 15.7. The summed E-state index contributed by atoms with van der Waals surface area (Å²) < 4.78 is 1.33. The van der Waals surface area contributed by atoms with Gasteiger partial charge in [-0.1, -0.05) is 30.3 Å². The van der Waals surface area contributed by atoms with E-state index in [4.69, 9.17) is 0 Å². The number of nitrogens with zero attached hydrogens (tertiary/aromatic N) is 2. The molecule has 0 fully saturated rings. The molecule has 0 aliphatic carbocycles. The van der Waals surface area contributed by atoms with Gasteiger partial charge in [0.25, 0.3) is 0 Å². The van der Waals surface area contributed by atoms with Crippen LogP contribution >= 0.6 is 0 Å². The van der Waals surface area contributed by atoms with Crippen LogP contribution in [0.1, 0.15) is 11.7 Å². The van der Waals surface area contributed by atoms with Crippen molar-refractivity contribution in [3.63, 3.8) is 0 Å². The van der Waals surface area contributed by atoms with Crippen LogP contribution in [0.4, 0.5) is 0 Å². The molecule has 0 bridgehead atoms. The van der Waals surface area contributed by atoms with Crippen LogP contribution in [0.5, 0.6) is 0 Å². The van der Waals surface area contributed by atoms with Gasteiger partial charge in [-0.05, 0) is 5.56 Å². The summed E-state index contributed by atoms with van der Waals surface area (Å²) in [6.45, 7) is 0.208. The van der Waals surface area contributed by atoms with Crippen molar-refractivity contribution in [2.45, 2.75) is 12.6 Å². The second-order valence-electron chi connectivity index (χ2n) is 3.24. The molecule has 1 unspecified atom stereocenters. The third-order valence-corrected chi connectivity index (χ3v) is 2.17. The van der Waals surface area contributed by atoms with Crippen LogP contribution in [-0.4, -0.2) is 19.9 Å². The van der Waals surface area contributed by atoms with Crippen LogP contribution in [0, 0.1) is 0 Å². The molecule has 5 heteroatoms.